The van der Waals surface area contributed by atoms with Gasteiger partial charge in [-0.05, 0) is 42.6 Å². The van der Waals surface area contributed by atoms with Crippen LogP contribution in [0.1, 0.15) is 6.92 Å². The van der Waals surface area contributed by atoms with Crippen LogP contribution in [0, 0.1) is 0 Å². The molecule has 0 fully saturated rings. The van der Waals surface area contributed by atoms with Crippen molar-refractivity contribution >= 4 is 44.9 Å². The molecule has 0 saturated carbocycles. The maximum atomic E-state index is 12.5. The van der Waals surface area contributed by atoms with Gasteiger partial charge < -0.3 is 15.2 Å². The molecular weight excluding hydrogens is 386 g/mol. The summed E-state index contributed by atoms with van der Waals surface area (Å²) in [5.41, 5.74) is 1.07. The molecule has 142 valence electrons. The number of carbonyl (C=O) groups excluding carboxylic acids is 1. The lowest BCUT2D eigenvalue weighted by Crippen LogP contribution is -2.25. The van der Waals surface area contributed by atoms with Crippen molar-refractivity contribution in [2.24, 2.45) is 0 Å². The summed E-state index contributed by atoms with van der Waals surface area (Å²) in [5, 5.41) is 14.3. The molecule has 0 saturated heterocycles. The van der Waals surface area contributed by atoms with Gasteiger partial charge in [0.25, 0.3) is 5.56 Å². The Morgan fingerprint density at radius 2 is 2.11 bits per heavy atom. The summed E-state index contributed by atoms with van der Waals surface area (Å²) in [6.45, 7) is 2.46. The number of hydrogen-bond acceptors (Lipinski definition) is 7. The second-order valence-electron chi connectivity index (χ2n) is 5.50. The molecule has 0 bridgehead atoms. The van der Waals surface area contributed by atoms with Crippen LogP contribution in [-0.4, -0.2) is 39.5 Å². The predicted octanol–water partition coefficient (Wildman–Crippen LogP) is 2.58. The number of thiophene rings is 1. The Bertz CT molecular complexity index is 982. The standard InChI is InChI=1S/C18H19N3O4S2/c1-2-25-13-5-3-12(4-6-13)19-15(23)11-27-18-20-14-7-10-26-16(14)17(24)21(18)8-9-22/h3-7,10,22H,2,8-9,11H2,1H3,(H,19,23). The van der Waals surface area contributed by atoms with E-state index in [1.807, 2.05) is 6.92 Å². The molecular formula is C18H19N3O4S2. The van der Waals surface area contributed by atoms with Gasteiger partial charge in [-0.2, -0.15) is 0 Å². The van der Waals surface area contributed by atoms with E-state index in [1.165, 1.54) is 27.7 Å². The zero-order valence-electron chi connectivity index (χ0n) is 14.7. The van der Waals surface area contributed by atoms with E-state index in [-0.39, 0.29) is 30.4 Å². The van der Waals surface area contributed by atoms with E-state index in [4.69, 9.17) is 4.74 Å². The number of aliphatic hydroxyl groups excluding tert-OH is 1. The van der Waals surface area contributed by atoms with E-state index in [9.17, 15) is 14.7 Å². The molecule has 2 aromatic heterocycles. The second kappa shape index (κ2) is 9.03. The van der Waals surface area contributed by atoms with Crippen LogP contribution in [-0.2, 0) is 11.3 Å². The van der Waals surface area contributed by atoms with Crippen molar-refractivity contribution in [2.75, 3.05) is 24.3 Å². The highest BCUT2D eigenvalue weighted by atomic mass is 32.2. The van der Waals surface area contributed by atoms with Gasteiger partial charge in [-0.25, -0.2) is 4.98 Å². The molecule has 2 heterocycles. The van der Waals surface area contributed by atoms with Gasteiger partial charge in [0.15, 0.2) is 5.16 Å². The van der Waals surface area contributed by atoms with Crippen LogP contribution in [0.3, 0.4) is 0 Å². The van der Waals surface area contributed by atoms with Gasteiger partial charge >= 0.3 is 0 Å². The summed E-state index contributed by atoms with van der Waals surface area (Å²) >= 11 is 2.48. The number of hydrogen-bond donors (Lipinski definition) is 2. The number of nitrogens with zero attached hydrogens (tertiary/aromatic N) is 2. The third-order valence-corrected chi connectivity index (χ3v) is 5.50. The lowest BCUT2D eigenvalue weighted by Gasteiger charge is -2.11. The van der Waals surface area contributed by atoms with Gasteiger partial charge in [-0.3, -0.25) is 14.2 Å². The fourth-order valence-corrected chi connectivity index (χ4v) is 4.06. The van der Waals surface area contributed by atoms with E-state index < -0.39 is 0 Å². The van der Waals surface area contributed by atoms with Crippen LogP contribution in [0.4, 0.5) is 5.69 Å². The summed E-state index contributed by atoms with van der Waals surface area (Å²) in [6.07, 6.45) is 0. The minimum absolute atomic E-state index is 0.0979. The maximum Gasteiger partial charge on any atom is 0.272 e. The summed E-state index contributed by atoms with van der Waals surface area (Å²) in [5.74, 6) is 0.631. The first kappa shape index (κ1) is 19.4. The number of anilines is 1. The van der Waals surface area contributed by atoms with Crippen molar-refractivity contribution in [1.82, 2.24) is 9.55 Å². The Hall–Kier alpha value is -2.36. The number of amides is 1. The first-order chi connectivity index (χ1) is 13.1. The van der Waals surface area contributed by atoms with Gasteiger partial charge in [-0.15, -0.1) is 11.3 Å². The fraction of sp³-hybridized carbons (Fsp3) is 0.278. The highest BCUT2D eigenvalue weighted by Crippen LogP contribution is 2.21. The van der Waals surface area contributed by atoms with E-state index in [0.29, 0.717) is 27.7 Å². The Balaban J connectivity index is 1.69. The number of ether oxygens (including phenoxy) is 1. The molecule has 0 unspecified atom stereocenters. The molecule has 0 aliphatic heterocycles. The lowest BCUT2D eigenvalue weighted by atomic mass is 10.3. The molecule has 2 N–H and O–H groups in total. The number of aromatic nitrogens is 2. The van der Waals surface area contributed by atoms with Crippen LogP contribution >= 0.6 is 23.1 Å². The van der Waals surface area contributed by atoms with Crippen molar-refractivity contribution in [1.29, 1.82) is 0 Å². The molecule has 0 atom stereocenters. The van der Waals surface area contributed by atoms with Gasteiger partial charge in [0.2, 0.25) is 5.91 Å². The quantitative estimate of drug-likeness (QED) is 0.442. The highest BCUT2D eigenvalue weighted by Gasteiger charge is 2.14. The molecule has 0 aliphatic rings. The first-order valence-electron chi connectivity index (χ1n) is 8.36. The van der Waals surface area contributed by atoms with Gasteiger partial charge in [-0.1, -0.05) is 11.8 Å². The number of carbonyl (C=O) groups is 1. The highest BCUT2D eigenvalue weighted by molar-refractivity contribution is 7.99. The normalized spacial score (nSPS) is 10.9. The molecule has 3 aromatic rings. The average molecular weight is 406 g/mol. The molecule has 7 nitrogen and oxygen atoms in total. The zero-order valence-corrected chi connectivity index (χ0v) is 16.3. The Labute approximate surface area is 164 Å². The molecule has 1 aromatic carbocycles. The number of fused-ring (bicyclic) bond motifs is 1. The average Bonchev–Trinajstić information content (AvgIpc) is 3.13. The van der Waals surface area contributed by atoms with Gasteiger partial charge in [0.1, 0.15) is 10.4 Å². The monoisotopic (exact) mass is 405 g/mol. The third-order valence-electron chi connectivity index (χ3n) is 3.64. The van der Waals surface area contributed by atoms with E-state index in [2.05, 4.69) is 10.3 Å². The molecule has 0 aliphatic carbocycles. The zero-order chi connectivity index (χ0) is 19.2. The largest absolute Gasteiger partial charge is 0.494 e. The summed E-state index contributed by atoms with van der Waals surface area (Å²) in [6, 6.07) is 8.89. The lowest BCUT2D eigenvalue weighted by molar-refractivity contribution is -0.113. The Morgan fingerprint density at radius 1 is 1.33 bits per heavy atom. The second-order valence-corrected chi connectivity index (χ2v) is 7.36. The molecule has 3 rings (SSSR count). The smallest absolute Gasteiger partial charge is 0.272 e. The number of aliphatic hydroxyl groups is 1. The van der Waals surface area contributed by atoms with Gasteiger partial charge in [0, 0.05) is 5.69 Å². The number of nitrogens with one attached hydrogen (secondary N) is 1. The number of benzene rings is 1. The molecule has 9 heteroatoms. The van der Waals surface area contributed by atoms with Crippen molar-refractivity contribution in [3.63, 3.8) is 0 Å². The Kier molecular flexibility index (Phi) is 6.49. The first-order valence-corrected chi connectivity index (χ1v) is 10.2. The minimum Gasteiger partial charge on any atom is -0.494 e. The predicted molar refractivity (Wildman–Crippen MR) is 108 cm³/mol. The van der Waals surface area contributed by atoms with Crippen molar-refractivity contribution in [2.45, 2.75) is 18.6 Å². The van der Waals surface area contributed by atoms with E-state index >= 15 is 0 Å². The Morgan fingerprint density at radius 3 is 2.81 bits per heavy atom. The summed E-state index contributed by atoms with van der Waals surface area (Å²) in [7, 11) is 0. The molecule has 0 radical (unpaired) electrons. The van der Waals surface area contributed by atoms with Crippen molar-refractivity contribution in [3.8, 4) is 5.75 Å². The third kappa shape index (κ3) is 4.68. The van der Waals surface area contributed by atoms with Crippen molar-refractivity contribution in [3.05, 3.63) is 46.1 Å². The van der Waals surface area contributed by atoms with E-state index in [0.717, 1.165) is 5.75 Å². The minimum atomic E-state index is -0.209. The summed E-state index contributed by atoms with van der Waals surface area (Å²) < 4.78 is 7.33. The molecule has 27 heavy (non-hydrogen) atoms. The fourth-order valence-electron chi connectivity index (χ4n) is 2.46. The number of thioether (sulfide) groups is 1. The van der Waals surface area contributed by atoms with Crippen LogP contribution in [0.2, 0.25) is 0 Å². The van der Waals surface area contributed by atoms with Crippen LogP contribution < -0.4 is 15.6 Å². The topological polar surface area (TPSA) is 93.5 Å². The van der Waals surface area contributed by atoms with Crippen LogP contribution in [0.5, 0.6) is 5.75 Å². The number of rotatable bonds is 8. The molecule has 0 spiro atoms. The SMILES string of the molecule is CCOc1ccc(NC(=O)CSc2nc3ccsc3c(=O)n2CCO)cc1. The van der Waals surface area contributed by atoms with Crippen LogP contribution in [0.25, 0.3) is 10.2 Å². The maximum absolute atomic E-state index is 12.5. The van der Waals surface area contributed by atoms with E-state index in [1.54, 1.807) is 35.7 Å². The van der Waals surface area contributed by atoms with Crippen LogP contribution in [0.15, 0.2) is 45.7 Å². The summed E-state index contributed by atoms with van der Waals surface area (Å²) in [4.78, 5) is 29.2. The molecule has 1 amide bonds. The van der Waals surface area contributed by atoms with Gasteiger partial charge in [0.05, 0.1) is 31.0 Å². The van der Waals surface area contributed by atoms with Crippen molar-refractivity contribution < 1.29 is 14.6 Å².